The van der Waals surface area contributed by atoms with Crippen molar-refractivity contribution in [2.24, 2.45) is 11.3 Å². The Hall–Kier alpha value is -3.54. The zero-order valence-corrected chi connectivity index (χ0v) is 19.0. The molecule has 3 aromatic rings. The van der Waals surface area contributed by atoms with Gasteiger partial charge in [0, 0.05) is 24.8 Å². The number of carbonyl (C=O) groups excluding carboxylic acids is 1. The van der Waals surface area contributed by atoms with Gasteiger partial charge in [-0.15, -0.1) is 4.80 Å². The monoisotopic (exact) mass is 503 g/mol. The van der Waals surface area contributed by atoms with E-state index in [2.05, 4.69) is 15.2 Å². The number of para-hydroxylation sites is 1. The standard InChI is InChI=1S/C24H21F4N5O3/c1-35-12-17-15-9-23(15)10-18(36-19-6-5-13(11-29-19)24(26,27)28)21(23)32(17)22(34)14-3-2-4-16(25)20(14)33-30-7-8-31-33/h2-8,11,15,17-18,21H,9-10,12H2,1H3. The number of alkyl halides is 3. The zero-order chi connectivity index (χ0) is 25.2. The van der Waals surface area contributed by atoms with Crippen LogP contribution in [0.3, 0.4) is 0 Å². The lowest BCUT2D eigenvalue weighted by Gasteiger charge is -2.48. The molecule has 3 aliphatic rings. The van der Waals surface area contributed by atoms with Crippen LogP contribution < -0.4 is 4.74 Å². The Bertz CT molecular complexity index is 1300. The predicted octanol–water partition coefficient (Wildman–Crippen LogP) is 3.52. The van der Waals surface area contributed by atoms with Crippen molar-refractivity contribution in [1.82, 2.24) is 24.9 Å². The van der Waals surface area contributed by atoms with Crippen molar-refractivity contribution in [3.05, 3.63) is 65.9 Å². The Morgan fingerprint density at radius 1 is 1.17 bits per heavy atom. The number of halogens is 4. The minimum absolute atomic E-state index is 0.0508. The lowest BCUT2D eigenvalue weighted by Crippen LogP contribution is -2.61. The molecule has 2 aliphatic carbocycles. The highest BCUT2D eigenvalue weighted by molar-refractivity contribution is 5.99. The highest BCUT2D eigenvalue weighted by atomic mass is 19.4. The third-order valence-electron chi connectivity index (χ3n) is 7.57. The highest BCUT2D eigenvalue weighted by Gasteiger charge is 2.79. The number of benzene rings is 1. The Morgan fingerprint density at radius 3 is 2.61 bits per heavy atom. The smallest absolute Gasteiger partial charge is 0.417 e. The molecule has 2 saturated carbocycles. The van der Waals surface area contributed by atoms with Gasteiger partial charge in [-0.3, -0.25) is 4.79 Å². The molecule has 1 aliphatic heterocycles. The fraction of sp³-hybridized carbons (Fsp3) is 0.417. The molecular weight excluding hydrogens is 482 g/mol. The molecule has 0 bridgehead atoms. The number of pyridine rings is 1. The average Bonchev–Trinajstić information content (AvgIpc) is 3.26. The number of piperidine rings is 1. The largest absolute Gasteiger partial charge is 0.472 e. The summed E-state index contributed by atoms with van der Waals surface area (Å²) in [7, 11) is 1.55. The molecule has 188 valence electrons. The van der Waals surface area contributed by atoms with Crippen LogP contribution in [0, 0.1) is 17.2 Å². The number of amides is 1. The summed E-state index contributed by atoms with van der Waals surface area (Å²) in [5, 5.41) is 7.99. The van der Waals surface area contributed by atoms with Gasteiger partial charge in [0.15, 0.2) is 5.82 Å². The summed E-state index contributed by atoms with van der Waals surface area (Å²) in [6, 6.07) is 5.71. The van der Waals surface area contributed by atoms with Gasteiger partial charge in [-0.2, -0.15) is 23.4 Å². The van der Waals surface area contributed by atoms with Gasteiger partial charge in [0.2, 0.25) is 5.88 Å². The van der Waals surface area contributed by atoms with E-state index in [1.165, 1.54) is 36.7 Å². The van der Waals surface area contributed by atoms with Crippen LogP contribution in [0.15, 0.2) is 48.9 Å². The number of rotatable bonds is 6. The van der Waals surface area contributed by atoms with Gasteiger partial charge in [-0.25, -0.2) is 9.37 Å². The lowest BCUT2D eigenvalue weighted by molar-refractivity contribution is -0.137. The van der Waals surface area contributed by atoms with Crippen molar-refractivity contribution < 1.29 is 31.8 Å². The first-order valence-electron chi connectivity index (χ1n) is 11.4. The maximum Gasteiger partial charge on any atom is 0.417 e. The van der Waals surface area contributed by atoms with Crippen molar-refractivity contribution in [2.75, 3.05) is 13.7 Å². The maximum atomic E-state index is 14.8. The van der Waals surface area contributed by atoms with E-state index in [4.69, 9.17) is 9.47 Å². The Balaban J connectivity index is 1.32. The molecule has 1 amide bonds. The fourth-order valence-electron chi connectivity index (χ4n) is 6.00. The van der Waals surface area contributed by atoms with Gasteiger partial charge in [-0.1, -0.05) is 6.07 Å². The minimum Gasteiger partial charge on any atom is -0.472 e. The number of hydrogen-bond donors (Lipinski definition) is 0. The van der Waals surface area contributed by atoms with Gasteiger partial charge in [0.25, 0.3) is 5.91 Å². The van der Waals surface area contributed by atoms with Crippen molar-refractivity contribution in [3.8, 4) is 11.6 Å². The molecule has 1 saturated heterocycles. The summed E-state index contributed by atoms with van der Waals surface area (Å²) in [6.07, 6.45) is 0.0813. The van der Waals surface area contributed by atoms with E-state index in [1.807, 2.05) is 0 Å². The summed E-state index contributed by atoms with van der Waals surface area (Å²) in [5.74, 6) is -0.801. The van der Waals surface area contributed by atoms with Crippen LogP contribution >= 0.6 is 0 Å². The summed E-state index contributed by atoms with van der Waals surface area (Å²) >= 11 is 0. The molecule has 0 radical (unpaired) electrons. The molecule has 5 atom stereocenters. The second-order valence-electron chi connectivity index (χ2n) is 9.42. The van der Waals surface area contributed by atoms with Gasteiger partial charge in [0.05, 0.1) is 42.2 Å². The molecular formula is C24H21F4N5O3. The van der Waals surface area contributed by atoms with E-state index in [-0.39, 0.29) is 40.5 Å². The first-order valence-corrected chi connectivity index (χ1v) is 11.4. The van der Waals surface area contributed by atoms with E-state index in [1.54, 1.807) is 12.0 Å². The van der Waals surface area contributed by atoms with Gasteiger partial charge in [0.1, 0.15) is 11.8 Å². The molecule has 36 heavy (non-hydrogen) atoms. The number of nitrogens with zero attached hydrogens (tertiary/aromatic N) is 5. The molecule has 12 heteroatoms. The van der Waals surface area contributed by atoms with Crippen LogP contribution in [0.4, 0.5) is 17.6 Å². The second-order valence-corrected chi connectivity index (χ2v) is 9.42. The number of ether oxygens (including phenoxy) is 2. The van der Waals surface area contributed by atoms with Gasteiger partial charge < -0.3 is 14.4 Å². The van der Waals surface area contributed by atoms with Crippen molar-refractivity contribution in [3.63, 3.8) is 0 Å². The Kier molecular flexibility index (Phi) is 5.08. The Morgan fingerprint density at radius 2 is 1.94 bits per heavy atom. The molecule has 5 unspecified atom stereocenters. The van der Waals surface area contributed by atoms with Crippen LogP contribution in [0.2, 0.25) is 0 Å². The second kappa shape index (κ2) is 7.99. The molecule has 2 aromatic heterocycles. The van der Waals surface area contributed by atoms with E-state index in [0.29, 0.717) is 13.0 Å². The number of likely N-dealkylation sites (tertiary alicyclic amines) is 1. The SMILES string of the molecule is COCC1C2CC23CC(Oc2ccc(C(F)(F)F)cn2)C3N1C(=O)c1cccc(F)c1-n1nccn1. The topological polar surface area (TPSA) is 82.4 Å². The quantitative estimate of drug-likeness (QED) is 0.479. The van der Waals surface area contributed by atoms with Crippen LogP contribution in [0.5, 0.6) is 5.88 Å². The van der Waals surface area contributed by atoms with E-state index in [9.17, 15) is 22.4 Å². The number of methoxy groups -OCH3 is 1. The molecule has 8 nitrogen and oxygen atoms in total. The molecule has 3 fully saturated rings. The molecule has 1 spiro atoms. The summed E-state index contributed by atoms with van der Waals surface area (Å²) in [5.41, 5.74) is -0.972. The van der Waals surface area contributed by atoms with E-state index in [0.717, 1.165) is 23.5 Å². The van der Waals surface area contributed by atoms with Crippen molar-refractivity contribution in [2.45, 2.75) is 37.2 Å². The first-order chi connectivity index (χ1) is 17.2. The van der Waals surface area contributed by atoms with E-state index >= 15 is 0 Å². The van der Waals surface area contributed by atoms with Crippen molar-refractivity contribution >= 4 is 5.91 Å². The molecule has 1 aromatic carbocycles. The van der Waals surface area contributed by atoms with Crippen LogP contribution in [-0.4, -0.2) is 62.7 Å². The Labute approximate surface area is 202 Å². The van der Waals surface area contributed by atoms with Crippen molar-refractivity contribution in [1.29, 1.82) is 0 Å². The normalized spacial score (nSPS) is 28.3. The number of hydrogen-bond acceptors (Lipinski definition) is 6. The molecule has 0 N–H and O–H groups in total. The number of carbonyl (C=O) groups is 1. The predicted molar refractivity (Wildman–Crippen MR) is 116 cm³/mol. The molecule has 6 rings (SSSR count). The lowest BCUT2D eigenvalue weighted by atomic mass is 9.73. The van der Waals surface area contributed by atoms with E-state index < -0.39 is 29.6 Å². The van der Waals surface area contributed by atoms with Gasteiger partial charge >= 0.3 is 6.18 Å². The average molecular weight is 503 g/mol. The summed E-state index contributed by atoms with van der Waals surface area (Å²) < 4.78 is 64.9. The summed E-state index contributed by atoms with van der Waals surface area (Å²) in [4.78, 5) is 20.5. The summed E-state index contributed by atoms with van der Waals surface area (Å²) in [6.45, 7) is 0.296. The zero-order valence-electron chi connectivity index (χ0n) is 19.0. The third kappa shape index (κ3) is 3.38. The van der Waals surface area contributed by atoms with Crippen LogP contribution in [0.1, 0.15) is 28.8 Å². The van der Waals surface area contributed by atoms with Crippen LogP contribution in [0.25, 0.3) is 5.69 Å². The maximum absolute atomic E-state index is 14.8. The molecule has 3 heterocycles. The van der Waals surface area contributed by atoms with Gasteiger partial charge in [-0.05, 0) is 37.0 Å². The fourth-order valence-corrected chi connectivity index (χ4v) is 6.00. The highest BCUT2D eigenvalue weighted by Crippen LogP contribution is 2.74. The minimum atomic E-state index is -4.50. The first kappa shape index (κ1) is 22.9. The third-order valence-corrected chi connectivity index (χ3v) is 7.57. The van der Waals surface area contributed by atoms with Crippen LogP contribution in [-0.2, 0) is 10.9 Å². The number of aromatic nitrogens is 4.